The molecule has 2 rings (SSSR count). The van der Waals surface area contributed by atoms with Crippen molar-refractivity contribution in [3.05, 3.63) is 57.7 Å². The van der Waals surface area contributed by atoms with E-state index in [2.05, 4.69) is 4.98 Å². The first-order valence-electron chi connectivity index (χ1n) is 7.31. The summed E-state index contributed by atoms with van der Waals surface area (Å²) >= 11 is 11.8. The molecule has 0 aliphatic heterocycles. The maximum absolute atomic E-state index is 13.9. The Morgan fingerprint density at radius 3 is 2.54 bits per heavy atom. The number of aliphatic hydroxyl groups is 1. The van der Waals surface area contributed by atoms with Crippen LogP contribution in [-0.2, 0) is 5.60 Å². The summed E-state index contributed by atoms with van der Waals surface area (Å²) in [5.41, 5.74) is -3.67. The number of hydrogen-bond donors (Lipinski definition) is 1. The summed E-state index contributed by atoms with van der Waals surface area (Å²) in [4.78, 5) is 3.74. The van der Waals surface area contributed by atoms with Crippen LogP contribution in [0.3, 0.4) is 0 Å². The summed E-state index contributed by atoms with van der Waals surface area (Å²) in [5.74, 6) is -1.67. The highest BCUT2D eigenvalue weighted by atomic mass is 35.5. The van der Waals surface area contributed by atoms with E-state index in [1.54, 1.807) is 6.07 Å². The van der Waals surface area contributed by atoms with E-state index in [1.807, 2.05) is 0 Å². The number of aromatic nitrogens is 1. The van der Waals surface area contributed by atoms with E-state index in [-0.39, 0.29) is 28.1 Å². The zero-order valence-electron chi connectivity index (χ0n) is 13.4. The highest BCUT2D eigenvalue weighted by Crippen LogP contribution is 2.50. The van der Waals surface area contributed by atoms with Crippen molar-refractivity contribution >= 4 is 23.2 Å². The molecule has 26 heavy (non-hydrogen) atoms. The molecule has 1 aromatic carbocycles. The van der Waals surface area contributed by atoms with Crippen LogP contribution >= 0.6 is 23.2 Å². The summed E-state index contributed by atoms with van der Waals surface area (Å²) in [7, 11) is 0. The number of nitriles is 1. The summed E-state index contributed by atoms with van der Waals surface area (Å²) < 4.78 is 46.6. The molecule has 0 amide bonds. The Balaban J connectivity index is 2.57. The zero-order valence-corrected chi connectivity index (χ0v) is 14.9. The number of rotatable bonds is 5. The van der Waals surface area contributed by atoms with Crippen LogP contribution < -0.4 is 4.74 Å². The first-order chi connectivity index (χ1) is 12.1. The molecular weight excluding hydrogens is 392 g/mol. The van der Waals surface area contributed by atoms with Gasteiger partial charge >= 0.3 is 6.18 Å². The average molecular weight is 405 g/mol. The zero-order chi connectivity index (χ0) is 19.5. The lowest BCUT2D eigenvalue weighted by Crippen LogP contribution is -2.46. The van der Waals surface area contributed by atoms with E-state index in [4.69, 9.17) is 33.2 Å². The fourth-order valence-electron chi connectivity index (χ4n) is 2.57. The van der Waals surface area contributed by atoms with Gasteiger partial charge in [0, 0.05) is 33.8 Å². The lowest BCUT2D eigenvalue weighted by Gasteiger charge is -2.37. The maximum Gasteiger partial charge on any atom is 0.422 e. The lowest BCUT2D eigenvalue weighted by atomic mass is 9.78. The SMILES string of the molecule is CC(c1ccc(Cl)cc1Cl)C(O)(c1ccnc(OCC#N)c1)C(F)(F)F. The molecule has 0 saturated carbocycles. The Morgan fingerprint density at radius 1 is 1.27 bits per heavy atom. The second-order valence-electron chi connectivity index (χ2n) is 5.48. The molecule has 2 unspecified atom stereocenters. The third kappa shape index (κ3) is 3.88. The average Bonchev–Trinajstić information content (AvgIpc) is 2.58. The second-order valence-corrected chi connectivity index (χ2v) is 6.32. The molecule has 0 aliphatic rings. The maximum atomic E-state index is 13.9. The van der Waals surface area contributed by atoms with Crippen LogP contribution in [0, 0.1) is 11.3 Å². The number of pyridine rings is 1. The first kappa shape index (κ1) is 20.3. The Labute approximate surface area is 157 Å². The predicted molar refractivity (Wildman–Crippen MR) is 90.2 cm³/mol. The number of benzene rings is 1. The smallest absolute Gasteiger partial charge is 0.422 e. The molecule has 9 heteroatoms. The quantitative estimate of drug-likeness (QED) is 0.773. The monoisotopic (exact) mass is 404 g/mol. The number of nitrogens with zero attached hydrogens (tertiary/aromatic N) is 2. The van der Waals surface area contributed by atoms with E-state index < -0.39 is 23.3 Å². The van der Waals surface area contributed by atoms with E-state index in [9.17, 15) is 18.3 Å². The summed E-state index contributed by atoms with van der Waals surface area (Å²) in [6.45, 7) is 0.818. The third-order valence-electron chi connectivity index (χ3n) is 3.95. The molecule has 138 valence electrons. The minimum absolute atomic E-state index is 0.00249. The van der Waals surface area contributed by atoms with Crippen LogP contribution in [0.2, 0.25) is 10.0 Å². The molecule has 1 aromatic heterocycles. The number of hydrogen-bond acceptors (Lipinski definition) is 4. The van der Waals surface area contributed by atoms with Gasteiger partial charge in [0.05, 0.1) is 0 Å². The molecule has 0 saturated heterocycles. The van der Waals surface area contributed by atoms with Crippen molar-refractivity contribution in [2.24, 2.45) is 0 Å². The molecular formula is C17H13Cl2F3N2O2. The van der Waals surface area contributed by atoms with Gasteiger partial charge in [-0.25, -0.2) is 4.98 Å². The Hall–Kier alpha value is -2.01. The van der Waals surface area contributed by atoms with Gasteiger partial charge in [-0.15, -0.1) is 0 Å². The lowest BCUT2D eigenvalue weighted by molar-refractivity contribution is -0.274. The van der Waals surface area contributed by atoms with Gasteiger partial charge in [-0.1, -0.05) is 36.2 Å². The molecule has 0 spiro atoms. The normalized spacial score (nSPS) is 15.0. The third-order valence-corrected chi connectivity index (χ3v) is 4.51. The summed E-state index contributed by atoms with van der Waals surface area (Å²) in [6, 6.07) is 7.71. The van der Waals surface area contributed by atoms with Crippen LogP contribution in [0.25, 0.3) is 0 Å². The van der Waals surface area contributed by atoms with Gasteiger partial charge in [-0.05, 0) is 23.8 Å². The van der Waals surface area contributed by atoms with Gasteiger partial charge in [-0.2, -0.15) is 18.4 Å². The Morgan fingerprint density at radius 2 is 1.96 bits per heavy atom. The van der Waals surface area contributed by atoms with Gasteiger partial charge in [0.1, 0.15) is 6.07 Å². The van der Waals surface area contributed by atoms with Crippen molar-refractivity contribution in [2.75, 3.05) is 6.61 Å². The van der Waals surface area contributed by atoms with Gasteiger partial charge in [0.15, 0.2) is 12.2 Å². The van der Waals surface area contributed by atoms with Crippen molar-refractivity contribution in [3.63, 3.8) is 0 Å². The highest BCUT2D eigenvalue weighted by Gasteiger charge is 2.59. The molecule has 0 aliphatic carbocycles. The summed E-state index contributed by atoms with van der Waals surface area (Å²) in [5, 5.41) is 19.5. The fraction of sp³-hybridized carbons (Fsp3) is 0.294. The van der Waals surface area contributed by atoms with Gasteiger partial charge < -0.3 is 9.84 Å². The van der Waals surface area contributed by atoms with Crippen LogP contribution in [0.5, 0.6) is 5.88 Å². The van der Waals surface area contributed by atoms with Crippen molar-refractivity contribution in [1.82, 2.24) is 4.98 Å². The Bertz CT molecular complexity index is 839. The molecule has 2 aromatic rings. The fourth-order valence-corrected chi connectivity index (χ4v) is 3.14. The van der Waals surface area contributed by atoms with Crippen LogP contribution in [-0.4, -0.2) is 22.9 Å². The highest BCUT2D eigenvalue weighted by molar-refractivity contribution is 6.35. The Kier molecular flexibility index (Phi) is 6.02. The number of halogens is 5. The first-order valence-corrected chi connectivity index (χ1v) is 8.07. The molecule has 1 N–H and O–H groups in total. The second kappa shape index (κ2) is 7.70. The van der Waals surface area contributed by atoms with Crippen LogP contribution in [0.4, 0.5) is 13.2 Å². The van der Waals surface area contributed by atoms with Gasteiger partial charge in [-0.3, -0.25) is 0 Å². The molecule has 0 radical (unpaired) electrons. The van der Waals surface area contributed by atoms with Crippen molar-refractivity contribution in [1.29, 1.82) is 5.26 Å². The van der Waals surface area contributed by atoms with E-state index in [0.717, 1.165) is 18.3 Å². The van der Waals surface area contributed by atoms with Crippen LogP contribution in [0.15, 0.2) is 36.5 Å². The number of ether oxygens (including phenoxy) is 1. The minimum Gasteiger partial charge on any atom is -0.462 e. The molecule has 4 nitrogen and oxygen atoms in total. The molecule has 2 atom stereocenters. The topological polar surface area (TPSA) is 66.1 Å². The summed E-state index contributed by atoms with van der Waals surface area (Å²) in [6.07, 6.45) is -3.96. The van der Waals surface area contributed by atoms with Crippen LogP contribution in [0.1, 0.15) is 24.0 Å². The standard InChI is InChI=1S/C17H13Cl2F3N2O2/c1-10(13-3-2-12(18)9-14(13)19)16(25,17(20,21)22)11-4-6-24-15(8-11)26-7-5-23/h2-4,6,8-10,25H,7H2,1H3. The number of alkyl halides is 3. The van der Waals surface area contributed by atoms with E-state index in [1.165, 1.54) is 25.1 Å². The molecule has 0 bridgehead atoms. The van der Waals surface area contributed by atoms with E-state index >= 15 is 0 Å². The van der Waals surface area contributed by atoms with Crippen molar-refractivity contribution < 1.29 is 23.0 Å². The van der Waals surface area contributed by atoms with Gasteiger partial charge in [0.25, 0.3) is 0 Å². The molecule has 1 heterocycles. The largest absolute Gasteiger partial charge is 0.462 e. The molecule has 0 fully saturated rings. The van der Waals surface area contributed by atoms with E-state index in [0.29, 0.717) is 0 Å². The van der Waals surface area contributed by atoms with Crippen molar-refractivity contribution in [3.8, 4) is 11.9 Å². The minimum atomic E-state index is -5.02. The van der Waals surface area contributed by atoms with Gasteiger partial charge in [0.2, 0.25) is 5.88 Å². The van der Waals surface area contributed by atoms with Crippen molar-refractivity contribution in [2.45, 2.75) is 24.6 Å². The predicted octanol–water partition coefficient (Wildman–Crippen LogP) is 4.84.